The van der Waals surface area contributed by atoms with E-state index in [-0.39, 0.29) is 0 Å². The highest BCUT2D eigenvalue weighted by Crippen LogP contribution is 2.32. The van der Waals surface area contributed by atoms with Gasteiger partial charge in [-0.15, -0.1) is 0 Å². The number of aryl methyl sites for hydroxylation is 3. The van der Waals surface area contributed by atoms with Crippen LogP contribution in [0, 0.1) is 6.92 Å². The normalized spacial score (nSPS) is 21.1. The molecule has 0 bridgehead atoms. The van der Waals surface area contributed by atoms with Crippen LogP contribution in [-0.4, -0.2) is 36.1 Å². The molecule has 3 heterocycles. The van der Waals surface area contributed by atoms with E-state index >= 15 is 0 Å². The van der Waals surface area contributed by atoms with Crippen molar-refractivity contribution in [2.45, 2.75) is 38.8 Å². The summed E-state index contributed by atoms with van der Waals surface area (Å²) in [6.45, 7) is 6.38. The first-order valence-corrected chi connectivity index (χ1v) is 8.89. The summed E-state index contributed by atoms with van der Waals surface area (Å²) in [5, 5.41) is 8.40. The van der Waals surface area contributed by atoms with Crippen molar-refractivity contribution in [3.05, 3.63) is 34.9 Å². The molecule has 1 saturated heterocycles. The molecule has 2 aromatic heterocycles. The maximum atomic E-state index is 5.61. The molecule has 24 heavy (non-hydrogen) atoms. The van der Waals surface area contributed by atoms with Gasteiger partial charge in [0.15, 0.2) is 0 Å². The maximum absolute atomic E-state index is 5.61. The van der Waals surface area contributed by atoms with Gasteiger partial charge in [0.05, 0.1) is 25.2 Å². The van der Waals surface area contributed by atoms with Crippen LogP contribution >= 0.6 is 0 Å². The van der Waals surface area contributed by atoms with Crippen molar-refractivity contribution < 1.29 is 9.15 Å². The van der Waals surface area contributed by atoms with E-state index in [4.69, 9.17) is 9.15 Å². The Labute approximate surface area is 142 Å². The summed E-state index contributed by atoms with van der Waals surface area (Å²) in [6, 6.07) is 2.50. The molecule has 4 rings (SSSR count). The third kappa shape index (κ3) is 2.84. The van der Waals surface area contributed by atoms with Gasteiger partial charge in [-0.05, 0) is 25.8 Å². The summed E-state index contributed by atoms with van der Waals surface area (Å²) in [7, 11) is 2.04. The van der Waals surface area contributed by atoms with E-state index in [0.29, 0.717) is 6.04 Å². The maximum Gasteiger partial charge on any atom is 0.131 e. The van der Waals surface area contributed by atoms with Crippen molar-refractivity contribution in [2.24, 2.45) is 7.05 Å². The summed E-state index contributed by atoms with van der Waals surface area (Å²) >= 11 is 0. The number of nitrogens with zero attached hydrogens (tertiary/aromatic N) is 3. The molecule has 1 fully saturated rings. The van der Waals surface area contributed by atoms with E-state index in [1.54, 1.807) is 0 Å². The fourth-order valence-corrected chi connectivity index (χ4v) is 3.99. The highest BCUT2D eigenvalue weighted by Gasteiger charge is 2.25. The minimum absolute atomic E-state index is 0.379. The number of ether oxygens (including phenoxy) is 1. The van der Waals surface area contributed by atoms with Crippen molar-refractivity contribution >= 4 is 5.82 Å². The van der Waals surface area contributed by atoms with Crippen LogP contribution in [0.15, 0.2) is 16.7 Å². The highest BCUT2D eigenvalue weighted by atomic mass is 16.5. The summed E-state index contributed by atoms with van der Waals surface area (Å²) in [5.41, 5.74) is 3.74. The molecule has 2 aromatic rings. The number of rotatable bonds is 4. The van der Waals surface area contributed by atoms with Crippen LogP contribution in [0.5, 0.6) is 0 Å². The van der Waals surface area contributed by atoms with Gasteiger partial charge in [0, 0.05) is 50.3 Å². The molecule has 2 aliphatic rings. The predicted molar refractivity (Wildman–Crippen MR) is 92.2 cm³/mol. The number of morpholine rings is 1. The van der Waals surface area contributed by atoms with Gasteiger partial charge in [-0.2, -0.15) is 5.10 Å². The zero-order valence-corrected chi connectivity index (χ0v) is 14.5. The van der Waals surface area contributed by atoms with Gasteiger partial charge in [0.25, 0.3) is 0 Å². The molecular weight excluding hydrogens is 304 g/mol. The molecule has 0 aromatic carbocycles. The number of aromatic nitrogens is 2. The summed E-state index contributed by atoms with van der Waals surface area (Å²) < 4.78 is 13.1. The van der Waals surface area contributed by atoms with E-state index in [2.05, 4.69) is 28.3 Å². The zero-order chi connectivity index (χ0) is 16.5. The van der Waals surface area contributed by atoms with Crippen molar-refractivity contribution in [3.8, 4) is 0 Å². The second kappa shape index (κ2) is 6.61. The van der Waals surface area contributed by atoms with Gasteiger partial charge in [-0.25, -0.2) is 0 Å². The lowest BCUT2D eigenvalue weighted by atomic mass is 9.93. The fraction of sp³-hybridized carbons (Fsp3) is 0.611. The molecule has 0 saturated carbocycles. The molecule has 130 valence electrons. The summed E-state index contributed by atoms with van der Waals surface area (Å²) in [5.74, 6) is 2.38. The Morgan fingerprint density at radius 1 is 1.33 bits per heavy atom. The lowest BCUT2D eigenvalue weighted by molar-refractivity contribution is 0.122. The van der Waals surface area contributed by atoms with Crippen LogP contribution in [-0.2, 0) is 24.8 Å². The predicted octanol–water partition coefficient (Wildman–Crippen LogP) is 2.33. The second-order valence-corrected chi connectivity index (χ2v) is 6.74. The largest absolute Gasteiger partial charge is 0.469 e. The molecule has 0 spiro atoms. The number of furan rings is 1. The molecule has 6 heteroatoms. The van der Waals surface area contributed by atoms with Crippen LogP contribution in [0.25, 0.3) is 0 Å². The van der Waals surface area contributed by atoms with Crippen LogP contribution < -0.4 is 10.2 Å². The van der Waals surface area contributed by atoms with Gasteiger partial charge < -0.3 is 19.4 Å². The Hall–Kier alpha value is -1.79. The molecule has 0 amide bonds. The van der Waals surface area contributed by atoms with E-state index < -0.39 is 0 Å². The average molecular weight is 330 g/mol. The first-order chi connectivity index (χ1) is 11.7. The van der Waals surface area contributed by atoms with Crippen molar-refractivity contribution in [1.82, 2.24) is 15.1 Å². The van der Waals surface area contributed by atoms with E-state index in [9.17, 15) is 0 Å². The Morgan fingerprint density at radius 2 is 2.17 bits per heavy atom. The van der Waals surface area contributed by atoms with E-state index in [1.165, 1.54) is 29.8 Å². The van der Waals surface area contributed by atoms with Crippen LogP contribution in [0.3, 0.4) is 0 Å². The fourth-order valence-electron chi connectivity index (χ4n) is 3.99. The SMILES string of the molecule is Cc1nn(C)c(N2CCOCC2)c1CNC1CCCc2occc21. The van der Waals surface area contributed by atoms with Crippen molar-refractivity contribution in [2.75, 3.05) is 31.2 Å². The highest BCUT2D eigenvalue weighted by molar-refractivity contribution is 5.50. The lowest BCUT2D eigenvalue weighted by Crippen LogP contribution is -2.38. The Balaban J connectivity index is 1.53. The van der Waals surface area contributed by atoms with Crippen LogP contribution in [0.1, 0.15) is 41.5 Å². The minimum Gasteiger partial charge on any atom is -0.469 e. The lowest BCUT2D eigenvalue weighted by Gasteiger charge is -2.30. The minimum atomic E-state index is 0.379. The molecule has 1 aliphatic carbocycles. The Kier molecular flexibility index (Phi) is 4.33. The molecule has 1 N–H and O–H groups in total. The smallest absolute Gasteiger partial charge is 0.131 e. The number of hydrogen-bond donors (Lipinski definition) is 1. The second-order valence-electron chi connectivity index (χ2n) is 6.74. The van der Waals surface area contributed by atoms with Gasteiger partial charge in [-0.3, -0.25) is 4.68 Å². The third-order valence-corrected chi connectivity index (χ3v) is 5.20. The summed E-state index contributed by atoms with van der Waals surface area (Å²) in [6.07, 6.45) is 5.23. The molecule has 0 radical (unpaired) electrons. The number of hydrogen-bond acceptors (Lipinski definition) is 5. The number of fused-ring (bicyclic) bond motifs is 1. The zero-order valence-electron chi connectivity index (χ0n) is 14.5. The first-order valence-electron chi connectivity index (χ1n) is 8.89. The number of nitrogens with one attached hydrogen (secondary N) is 1. The van der Waals surface area contributed by atoms with Gasteiger partial charge >= 0.3 is 0 Å². The monoisotopic (exact) mass is 330 g/mol. The molecule has 6 nitrogen and oxygen atoms in total. The van der Waals surface area contributed by atoms with Gasteiger partial charge in [0.2, 0.25) is 0 Å². The van der Waals surface area contributed by atoms with Crippen molar-refractivity contribution in [3.63, 3.8) is 0 Å². The first kappa shape index (κ1) is 15.7. The molecule has 1 unspecified atom stereocenters. The Bertz CT molecular complexity index is 700. The van der Waals surface area contributed by atoms with E-state index in [1.807, 2.05) is 18.0 Å². The standard InChI is InChI=1S/C18H26N4O2/c1-13-15(18(21(2)20-13)22-7-10-23-11-8-22)12-19-16-4-3-5-17-14(16)6-9-24-17/h6,9,16,19H,3-5,7-8,10-12H2,1-2H3. The van der Waals surface area contributed by atoms with E-state index in [0.717, 1.165) is 50.7 Å². The molecule has 1 atom stereocenters. The quantitative estimate of drug-likeness (QED) is 0.932. The Morgan fingerprint density at radius 3 is 3.00 bits per heavy atom. The average Bonchev–Trinajstić information content (AvgIpc) is 3.18. The van der Waals surface area contributed by atoms with Gasteiger partial charge in [0.1, 0.15) is 11.6 Å². The van der Waals surface area contributed by atoms with Gasteiger partial charge in [-0.1, -0.05) is 0 Å². The molecule has 1 aliphatic heterocycles. The third-order valence-electron chi connectivity index (χ3n) is 5.20. The molecular formula is C18H26N4O2. The van der Waals surface area contributed by atoms with Crippen molar-refractivity contribution in [1.29, 1.82) is 0 Å². The van der Waals surface area contributed by atoms with Crippen LogP contribution in [0.4, 0.5) is 5.82 Å². The topological polar surface area (TPSA) is 55.5 Å². The summed E-state index contributed by atoms with van der Waals surface area (Å²) in [4.78, 5) is 2.39. The van der Waals surface area contributed by atoms with Crippen LogP contribution in [0.2, 0.25) is 0 Å². The number of anilines is 1.